The number of hydrogen-bond donors (Lipinski definition) is 2. The quantitative estimate of drug-likeness (QED) is 0.893. The number of hydrogen-bond acceptors (Lipinski definition) is 4. The molecule has 21 heavy (non-hydrogen) atoms. The average Bonchev–Trinajstić information content (AvgIpc) is 2.80. The van der Waals surface area contributed by atoms with Gasteiger partial charge in [-0.2, -0.15) is 0 Å². The largest absolute Gasteiger partial charge is 0.360 e. The van der Waals surface area contributed by atoms with Crippen molar-refractivity contribution in [3.63, 3.8) is 0 Å². The predicted octanol–water partition coefficient (Wildman–Crippen LogP) is 2.48. The molecule has 5 heteroatoms. The fourth-order valence-corrected chi connectivity index (χ4v) is 5.21. The van der Waals surface area contributed by atoms with Crippen LogP contribution in [0.2, 0.25) is 0 Å². The maximum atomic E-state index is 12.1. The third-order valence-electron chi connectivity index (χ3n) is 5.56. The van der Waals surface area contributed by atoms with E-state index in [9.17, 15) is 4.79 Å². The molecule has 4 bridgehead atoms. The molecule has 0 aliphatic heterocycles. The van der Waals surface area contributed by atoms with Crippen LogP contribution in [-0.4, -0.2) is 23.1 Å². The second-order valence-corrected chi connectivity index (χ2v) is 7.42. The van der Waals surface area contributed by atoms with Gasteiger partial charge in [-0.25, -0.2) is 0 Å². The Labute approximate surface area is 124 Å². The molecule has 4 fully saturated rings. The van der Waals surface area contributed by atoms with Crippen LogP contribution in [0.3, 0.4) is 0 Å². The van der Waals surface area contributed by atoms with Crippen molar-refractivity contribution < 1.29 is 9.32 Å². The number of carbonyl (C=O) groups excluding carboxylic acids is 1. The van der Waals surface area contributed by atoms with E-state index < -0.39 is 0 Å². The van der Waals surface area contributed by atoms with Gasteiger partial charge in [0.05, 0.1) is 6.54 Å². The lowest BCUT2D eigenvalue weighted by Crippen LogP contribution is -2.59. The molecule has 5 nitrogen and oxygen atoms in total. The van der Waals surface area contributed by atoms with Crippen molar-refractivity contribution in [3.8, 4) is 0 Å². The van der Waals surface area contributed by atoms with E-state index in [4.69, 9.17) is 4.52 Å². The van der Waals surface area contributed by atoms with E-state index in [1.165, 1.54) is 38.5 Å². The molecule has 0 spiro atoms. The Balaban J connectivity index is 1.35. The van der Waals surface area contributed by atoms with Crippen LogP contribution in [0.4, 0.5) is 5.82 Å². The van der Waals surface area contributed by atoms with Crippen LogP contribution in [0.15, 0.2) is 10.6 Å². The smallest absolute Gasteiger partial charge is 0.239 e. The standard InChI is InChI=1S/C16H23N3O2/c1-10-2-14(19-21-10)18-15(20)9-17-16-6-11-3-12(7-16)5-13(4-11)8-16/h2,11-13,17H,3-9H2,1H3,(H,18,19,20). The fraction of sp³-hybridized carbons (Fsp3) is 0.750. The van der Waals surface area contributed by atoms with Crippen LogP contribution in [0, 0.1) is 24.7 Å². The molecule has 1 heterocycles. The molecule has 1 aromatic rings. The van der Waals surface area contributed by atoms with Crippen LogP contribution in [0.1, 0.15) is 44.3 Å². The van der Waals surface area contributed by atoms with Crippen molar-refractivity contribution in [2.24, 2.45) is 17.8 Å². The van der Waals surface area contributed by atoms with Crippen molar-refractivity contribution in [2.45, 2.75) is 51.0 Å². The number of rotatable bonds is 4. The Bertz CT molecular complexity index is 516. The van der Waals surface area contributed by atoms with E-state index in [0.717, 1.165) is 17.8 Å². The molecule has 5 rings (SSSR count). The second kappa shape index (κ2) is 4.83. The molecule has 4 aliphatic rings. The highest BCUT2D eigenvalue weighted by Gasteiger charge is 2.50. The van der Waals surface area contributed by atoms with Gasteiger partial charge in [-0.1, -0.05) is 5.16 Å². The summed E-state index contributed by atoms with van der Waals surface area (Å²) in [6.45, 7) is 2.19. The Morgan fingerprint density at radius 3 is 2.43 bits per heavy atom. The normalized spacial score (nSPS) is 36.9. The van der Waals surface area contributed by atoms with E-state index >= 15 is 0 Å². The molecule has 0 saturated heterocycles. The molecular weight excluding hydrogens is 266 g/mol. The number of aryl methyl sites for hydroxylation is 1. The summed E-state index contributed by atoms with van der Waals surface area (Å²) in [6, 6.07) is 1.74. The van der Waals surface area contributed by atoms with Crippen LogP contribution in [-0.2, 0) is 4.79 Å². The first-order chi connectivity index (χ1) is 10.1. The van der Waals surface area contributed by atoms with Gasteiger partial charge in [0.25, 0.3) is 0 Å². The van der Waals surface area contributed by atoms with E-state index in [2.05, 4.69) is 15.8 Å². The third kappa shape index (κ3) is 2.59. The SMILES string of the molecule is Cc1cc(NC(=O)CNC23CC4CC(CC(C4)C2)C3)no1. The van der Waals surface area contributed by atoms with Crippen molar-refractivity contribution in [1.82, 2.24) is 10.5 Å². The predicted molar refractivity (Wildman–Crippen MR) is 78.8 cm³/mol. The van der Waals surface area contributed by atoms with E-state index in [1.807, 2.05) is 6.92 Å². The monoisotopic (exact) mass is 289 g/mol. The van der Waals surface area contributed by atoms with Crippen LogP contribution in [0.25, 0.3) is 0 Å². The van der Waals surface area contributed by atoms with E-state index in [1.54, 1.807) is 6.07 Å². The molecular formula is C16H23N3O2. The van der Waals surface area contributed by atoms with Crippen molar-refractivity contribution >= 4 is 11.7 Å². The Morgan fingerprint density at radius 1 is 1.29 bits per heavy atom. The van der Waals surface area contributed by atoms with Gasteiger partial charge in [-0.3, -0.25) is 4.79 Å². The minimum absolute atomic E-state index is 0.0287. The molecule has 2 N–H and O–H groups in total. The van der Waals surface area contributed by atoms with Gasteiger partial charge in [0.15, 0.2) is 5.82 Å². The maximum absolute atomic E-state index is 12.1. The van der Waals surface area contributed by atoms with Crippen molar-refractivity contribution in [3.05, 3.63) is 11.8 Å². The summed E-state index contributed by atoms with van der Waals surface area (Å²) in [4.78, 5) is 12.1. The minimum Gasteiger partial charge on any atom is -0.360 e. The lowest BCUT2D eigenvalue weighted by atomic mass is 9.53. The first kappa shape index (κ1) is 13.3. The molecule has 114 valence electrons. The Kier molecular flexibility index (Phi) is 3.06. The lowest BCUT2D eigenvalue weighted by molar-refractivity contribution is -0.116. The first-order valence-electron chi connectivity index (χ1n) is 8.08. The van der Waals surface area contributed by atoms with Crippen LogP contribution >= 0.6 is 0 Å². The Morgan fingerprint density at radius 2 is 1.90 bits per heavy atom. The van der Waals surface area contributed by atoms with Gasteiger partial charge in [0.1, 0.15) is 5.76 Å². The number of nitrogens with one attached hydrogen (secondary N) is 2. The maximum Gasteiger partial charge on any atom is 0.239 e. The summed E-state index contributed by atoms with van der Waals surface area (Å²) in [5, 5.41) is 10.2. The summed E-state index contributed by atoms with van der Waals surface area (Å²) in [6.07, 6.45) is 8.04. The van der Waals surface area contributed by atoms with Gasteiger partial charge in [-0.15, -0.1) is 0 Å². The van der Waals surface area contributed by atoms with Gasteiger partial charge in [-0.05, 0) is 63.2 Å². The van der Waals surface area contributed by atoms with Gasteiger partial charge in [0.2, 0.25) is 5.91 Å². The summed E-state index contributed by atoms with van der Waals surface area (Å²) < 4.78 is 4.96. The first-order valence-corrected chi connectivity index (χ1v) is 8.08. The fourth-order valence-electron chi connectivity index (χ4n) is 5.21. The van der Waals surface area contributed by atoms with Gasteiger partial charge in [0, 0.05) is 11.6 Å². The van der Waals surface area contributed by atoms with Crippen molar-refractivity contribution in [1.29, 1.82) is 0 Å². The molecule has 1 aromatic heterocycles. The molecule has 4 aliphatic carbocycles. The molecule has 0 aromatic carbocycles. The zero-order valence-corrected chi connectivity index (χ0v) is 12.5. The second-order valence-electron chi connectivity index (χ2n) is 7.42. The highest BCUT2D eigenvalue weighted by Crippen LogP contribution is 2.55. The van der Waals surface area contributed by atoms with Crippen LogP contribution in [0.5, 0.6) is 0 Å². The zero-order chi connectivity index (χ0) is 14.4. The molecule has 0 atom stereocenters. The molecule has 1 amide bonds. The van der Waals surface area contributed by atoms with E-state index in [0.29, 0.717) is 18.1 Å². The van der Waals surface area contributed by atoms with Gasteiger partial charge < -0.3 is 15.2 Å². The third-order valence-corrected chi connectivity index (χ3v) is 5.56. The number of aromatic nitrogens is 1. The number of nitrogens with zero attached hydrogens (tertiary/aromatic N) is 1. The summed E-state index contributed by atoms with van der Waals surface area (Å²) >= 11 is 0. The number of carbonyl (C=O) groups is 1. The number of anilines is 1. The van der Waals surface area contributed by atoms with E-state index in [-0.39, 0.29) is 11.4 Å². The minimum atomic E-state index is -0.0287. The summed E-state index contributed by atoms with van der Waals surface area (Å²) in [5.74, 6) is 3.86. The highest BCUT2D eigenvalue weighted by molar-refractivity contribution is 5.91. The number of amides is 1. The van der Waals surface area contributed by atoms with Crippen molar-refractivity contribution in [2.75, 3.05) is 11.9 Å². The molecule has 4 saturated carbocycles. The highest BCUT2D eigenvalue weighted by atomic mass is 16.5. The van der Waals surface area contributed by atoms with Gasteiger partial charge >= 0.3 is 0 Å². The Hall–Kier alpha value is -1.36. The zero-order valence-electron chi connectivity index (χ0n) is 12.5. The lowest BCUT2D eigenvalue weighted by Gasteiger charge is -2.57. The topological polar surface area (TPSA) is 67.2 Å². The molecule has 0 radical (unpaired) electrons. The van der Waals surface area contributed by atoms with Crippen LogP contribution < -0.4 is 10.6 Å². The molecule has 0 unspecified atom stereocenters. The summed E-state index contributed by atoms with van der Waals surface area (Å²) in [7, 11) is 0. The average molecular weight is 289 g/mol. The summed E-state index contributed by atoms with van der Waals surface area (Å²) in [5.41, 5.74) is 0.228.